The number of anilines is 5. The lowest BCUT2D eigenvalue weighted by Gasteiger charge is -2.09. The second-order valence-electron chi connectivity index (χ2n) is 5.92. The van der Waals surface area contributed by atoms with Gasteiger partial charge in [-0.2, -0.15) is 20.1 Å². The van der Waals surface area contributed by atoms with Crippen LogP contribution in [0.1, 0.15) is 30.3 Å². The number of hydrogen-bond acceptors (Lipinski definition) is 7. The largest absolute Gasteiger partial charge is 0.399 e. The number of nitrogens with zero attached hydrogens (tertiary/aromatic N) is 4. The molecule has 0 unspecified atom stereocenters. The van der Waals surface area contributed by atoms with Gasteiger partial charge < -0.3 is 16.4 Å². The standard InChI is InChI=1S/C16H18N8/c1-9-8-13(24-23-9)19-16-21-14(10-2-3-10)20-15(22-16)18-12-6-4-11(17)5-7-12/h4-8,10H,2-3,17H2,1H3,(H3,18,19,20,21,22,23,24). The number of benzene rings is 1. The maximum Gasteiger partial charge on any atom is 0.233 e. The van der Waals surface area contributed by atoms with Gasteiger partial charge in [0.25, 0.3) is 0 Å². The van der Waals surface area contributed by atoms with E-state index in [1.165, 1.54) is 0 Å². The Labute approximate surface area is 138 Å². The molecule has 4 rings (SSSR count). The Balaban J connectivity index is 1.61. The number of hydrogen-bond donors (Lipinski definition) is 4. The summed E-state index contributed by atoms with van der Waals surface area (Å²) in [5.74, 6) is 2.89. The molecule has 0 radical (unpaired) electrons. The summed E-state index contributed by atoms with van der Waals surface area (Å²) in [6.45, 7) is 1.94. The van der Waals surface area contributed by atoms with E-state index >= 15 is 0 Å². The van der Waals surface area contributed by atoms with Crippen LogP contribution < -0.4 is 16.4 Å². The number of nitrogens with one attached hydrogen (secondary N) is 3. The SMILES string of the molecule is Cc1cc(Nc2nc(Nc3ccc(N)cc3)nc(C3CC3)n2)n[nH]1. The van der Waals surface area contributed by atoms with Crippen LogP contribution in [0.4, 0.5) is 29.1 Å². The molecule has 0 spiro atoms. The molecule has 0 atom stereocenters. The first kappa shape index (κ1) is 14.4. The summed E-state index contributed by atoms with van der Waals surface area (Å²) in [5.41, 5.74) is 8.27. The Kier molecular flexibility index (Phi) is 3.49. The van der Waals surface area contributed by atoms with Crippen LogP contribution in [0.3, 0.4) is 0 Å². The van der Waals surface area contributed by atoms with E-state index in [1.807, 2.05) is 37.3 Å². The molecule has 0 saturated heterocycles. The molecule has 1 aliphatic carbocycles. The van der Waals surface area contributed by atoms with Crippen LogP contribution in [0.2, 0.25) is 0 Å². The van der Waals surface area contributed by atoms with Crippen LogP contribution in [-0.4, -0.2) is 25.1 Å². The molecule has 0 bridgehead atoms. The second kappa shape index (κ2) is 5.80. The Bertz CT molecular complexity index is 851. The molecule has 2 heterocycles. The van der Waals surface area contributed by atoms with Crippen LogP contribution in [0, 0.1) is 6.92 Å². The van der Waals surface area contributed by atoms with Crippen LogP contribution >= 0.6 is 0 Å². The normalized spacial score (nSPS) is 13.7. The van der Waals surface area contributed by atoms with Crippen LogP contribution in [-0.2, 0) is 0 Å². The minimum atomic E-state index is 0.418. The van der Waals surface area contributed by atoms with Gasteiger partial charge >= 0.3 is 0 Å². The van der Waals surface area contributed by atoms with Crippen molar-refractivity contribution in [3.63, 3.8) is 0 Å². The van der Waals surface area contributed by atoms with E-state index in [-0.39, 0.29) is 0 Å². The van der Waals surface area contributed by atoms with E-state index in [1.54, 1.807) is 0 Å². The second-order valence-corrected chi connectivity index (χ2v) is 5.92. The Morgan fingerprint density at radius 3 is 2.38 bits per heavy atom. The van der Waals surface area contributed by atoms with E-state index in [9.17, 15) is 0 Å². The van der Waals surface area contributed by atoms with Crippen molar-refractivity contribution < 1.29 is 0 Å². The first-order chi connectivity index (χ1) is 11.7. The fourth-order valence-corrected chi connectivity index (χ4v) is 2.32. The van der Waals surface area contributed by atoms with Gasteiger partial charge in [-0.1, -0.05) is 0 Å². The average Bonchev–Trinajstić information content (AvgIpc) is 3.33. The maximum atomic E-state index is 5.72. The lowest BCUT2D eigenvalue weighted by Crippen LogP contribution is -2.07. The highest BCUT2D eigenvalue weighted by Gasteiger charge is 2.28. The molecule has 1 saturated carbocycles. The molecule has 2 aromatic heterocycles. The topological polar surface area (TPSA) is 117 Å². The van der Waals surface area contributed by atoms with Crippen LogP contribution in [0.5, 0.6) is 0 Å². The summed E-state index contributed by atoms with van der Waals surface area (Å²) >= 11 is 0. The highest BCUT2D eigenvalue weighted by molar-refractivity contribution is 5.58. The average molecular weight is 322 g/mol. The number of aromatic amines is 1. The van der Waals surface area contributed by atoms with Crippen molar-refractivity contribution in [3.05, 3.63) is 41.9 Å². The van der Waals surface area contributed by atoms with Gasteiger partial charge in [-0.15, -0.1) is 0 Å². The summed E-state index contributed by atoms with van der Waals surface area (Å²) in [6, 6.07) is 9.34. The molecule has 3 aromatic rings. The van der Waals surface area contributed by atoms with E-state index < -0.39 is 0 Å². The molecule has 0 aliphatic heterocycles. The first-order valence-corrected chi connectivity index (χ1v) is 7.83. The zero-order valence-electron chi connectivity index (χ0n) is 13.2. The Hall–Kier alpha value is -3.16. The number of nitrogen functional groups attached to an aromatic ring is 1. The molecule has 122 valence electrons. The Morgan fingerprint density at radius 1 is 1.04 bits per heavy atom. The lowest BCUT2D eigenvalue weighted by molar-refractivity contribution is 0.897. The van der Waals surface area contributed by atoms with Crippen molar-refractivity contribution >= 4 is 29.1 Å². The monoisotopic (exact) mass is 322 g/mol. The zero-order chi connectivity index (χ0) is 16.5. The number of aromatic nitrogens is 5. The predicted molar refractivity (Wildman–Crippen MR) is 92.5 cm³/mol. The molecular formula is C16H18N8. The summed E-state index contributed by atoms with van der Waals surface area (Å²) in [7, 11) is 0. The van der Waals surface area contributed by atoms with Gasteiger partial charge in [0.15, 0.2) is 5.82 Å². The molecule has 5 N–H and O–H groups in total. The maximum absolute atomic E-state index is 5.72. The van der Waals surface area contributed by atoms with Gasteiger partial charge in [-0.05, 0) is 44.0 Å². The smallest absolute Gasteiger partial charge is 0.233 e. The van der Waals surface area contributed by atoms with Gasteiger partial charge in [0.2, 0.25) is 11.9 Å². The molecule has 1 aliphatic rings. The van der Waals surface area contributed by atoms with Gasteiger partial charge in [-0.25, -0.2) is 0 Å². The Morgan fingerprint density at radius 2 is 1.75 bits per heavy atom. The predicted octanol–water partition coefficient (Wildman–Crippen LogP) is 2.85. The van der Waals surface area contributed by atoms with Crippen molar-refractivity contribution in [1.82, 2.24) is 25.1 Å². The van der Waals surface area contributed by atoms with Crippen LogP contribution in [0.25, 0.3) is 0 Å². The van der Waals surface area contributed by atoms with Gasteiger partial charge in [-0.3, -0.25) is 5.10 Å². The summed E-state index contributed by atoms with van der Waals surface area (Å²) in [4.78, 5) is 13.5. The van der Waals surface area contributed by atoms with E-state index in [0.717, 1.165) is 30.0 Å². The molecular weight excluding hydrogens is 304 g/mol. The van der Waals surface area contributed by atoms with E-state index in [2.05, 4.69) is 35.8 Å². The van der Waals surface area contributed by atoms with Crippen molar-refractivity contribution in [3.8, 4) is 0 Å². The highest BCUT2D eigenvalue weighted by atomic mass is 15.3. The summed E-state index contributed by atoms with van der Waals surface area (Å²) in [6.07, 6.45) is 2.23. The van der Waals surface area contributed by atoms with Gasteiger partial charge in [0.1, 0.15) is 5.82 Å². The number of nitrogens with two attached hydrogens (primary N) is 1. The molecule has 0 amide bonds. The molecule has 24 heavy (non-hydrogen) atoms. The third-order valence-corrected chi connectivity index (χ3v) is 3.71. The highest BCUT2D eigenvalue weighted by Crippen LogP contribution is 2.38. The molecule has 1 aromatic carbocycles. The van der Waals surface area contributed by atoms with Gasteiger partial charge in [0, 0.05) is 29.1 Å². The fraction of sp³-hybridized carbons (Fsp3) is 0.250. The fourth-order valence-electron chi connectivity index (χ4n) is 2.32. The summed E-state index contributed by atoms with van der Waals surface area (Å²) < 4.78 is 0. The van der Waals surface area contributed by atoms with Crippen molar-refractivity contribution in [1.29, 1.82) is 0 Å². The number of rotatable bonds is 5. The first-order valence-electron chi connectivity index (χ1n) is 7.83. The third kappa shape index (κ3) is 3.27. The minimum Gasteiger partial charge on any atom is -0.399 e. The third-order valence-electron chi connectivity index (χ3n) is 3.71. The van der Waals surface area contributed by atoms with Crippen molar-refractivity contribution in [2.75, 3.05) is 16.4 Å². The molecule has 8 nitrogen and oxygen atoms in total. The minimum absolute atomic E-state index is 0.418. The number of H-pyrrole nitrogens is 1. The summed E-state index contributed by atoms with van der Waals surface area (Å²) in [5, 5.41) is 13.4. The lowest BCUT2D eigenvalue weighted by atomic mass is 10.3. The zero-order valence-corrected chi connectivity index (χ0v) is 13.2. The van der Waals surface area contributed by atoms with E-state index in [0.29, 0.717) is 29.3 Å². The number of aryl methyl sites for hydroxylation is 1. The van der Waals surface area contributed by atoms with Crippen molar-refractivity contribution in [2.45, 2.75) is 25.7 Å². The van der Waals surface area contributed by atoms with Crippen LogP contribution in [0.15, 0.2) is 30.3 Å². The molecule has 1 fully saturated rings. The van der Waals surface area contributed by atoms with Gasteiger partial charge in [0.05, 0.1) is 0 Å². The quantitative estimate of drug-likeness (QED) is 0.533. The van der Waals surface area contributed by atoms with E-state index in [4.69, 9.17) is 5.73 Å². The van der Waals surface area contributed by atoms with Crippen molar-refractivity contribution in [2.24, 2.45) is 0 Å². The molecule has 8 heteroatoms.